The molecule has 0 saturated heterocycles. The molecule has 0 bridgehead atoms. The summed E-state index contributed by atoms with van der Waals surface area (Å²) in [5.41, 5.74) is 5.55. The van der Waals surface area contributed by atoms with Crippen molar-refractivity contribution in [3.63, 3.8) is 0 Å². The van der Waals surface area contributed by atoms with Gasteiger partial charge >= 0.3 is 6.03 Å². The first-order valence-electron chi connectivity index (χ1n) is 7.76. The summed E-state index contributed by atoms with van der Waals surface area (Å²) in [6, 6.07) is 10.4. The van der Waals surface area contributed by atoms with Crippen molar-refractivity contribution in [2.75, 3.05) is 4.90 Å². The Morgan fingerprint density at radius 3 is 2.76 bits per heavy atom. The summed E-state index contributed by atoms with van der Waals surface area (Å²) in [6.45, 7) is 3.45. The minimum Gasteiger partial charge on any atom is -0.485 e. The summed E-state index contributed by atoms with van der Waals surface area (Å²) >= 11 is 0. The Hall–Kier alpha value is -3.11. The number of carbonyl (C=O) groups excluding carboxylic acids is 1. The zero-order valence-corrected chi connectivity index (χ0v) is 13.9. The lowest BCUT2D eigenvalue weighted by atomic mass is 9.85. The van der Waals surface area contributed by atoms with E-state index in [1.165, 1.54) is 11.1 Å². The Morgan fingerprint density at radius 2 is 2.16 bits per heavy atom. The van der Waals surface area contributed by atoms with Gasteiger partial charge < -0.3 is 15.6 Å². The highest BCUT2D eigenvalue weighted by molar-refractivity contribution is 5.91. The van der Waals surface area contributed by atoms with E-state index in [2.05, 4.69) is 11.1 Å². The number of nitriles is 1. The van der Waals surface area contributed by atoms with Crippen LogP contribution >= 0.6 is 0 Å². The smallest absolute Gasteiger partial charge is 0.321 e. The number of urea groups is 1. The van der Waals surface area contributed by atoms with E-state index in [4.69, 9.17) is 10.5 Å². The minimum absolute atomic E-state index is 0.310. The van der Waals surface area contributed by atoms with E-state index in [-0.39, 0.29) is 0 Å². The average molecular weight is 338 g/mol. The summed E-state index contributed by atoms with van der Waals surface area (Å²) in [6.07, 6.45) is 0.456. The molecule has 0 saturated carbocycles. The van der Waals surface area contributed by atoms with E-state index in [0.29, 0.717) is 22.7 Å². The number of ether oxygens (including phenoxy) is 1. The number of amides is 2. The number of hydrogen-bond acceptors (Lipinski definition) is 5. The molecule has 0 radical (unpaired) electrons. The van der Waals surface area contributed by atoms with Gasteiger partial charge in [-0.2, -0.15) is 5.26 Å². The summed E-state index contributed by atoms with van der Waals surface area (Å²) in [7, 11) is 0. The monoisotopic (exact) mass is 338 g/mol. The van der Waals surface area contributed by atoms with Crippen molar-refractivity contribution in [3.05, 3.63) is 53.7 Å². The number of aliphatic hydroxyl groups is 1. The van der Waals surface area contributed by atoms with Crippen molar-refractivity contribution in [1.82, 2.24) is 4.98 Å². The highest BCUT2D eigenvalue weighted by Crippen LogP contribution is 2.44. The molecule has 1 aliphatic heterocycles. The number of nitrogens with two attached hydrogens (primary N) is 1. The maximum atomic E-state index is 12.2. The van der Waals surface area contributed by atoms with Crippen molar-refractivity contribution >= 4 is 11.8 Å². The Kier molecular flexibility index (Phi) is 4.07. The third-order valence-electron chi connectivity index (χ3n) is 4.25. The standard InChI is InChI=1S/C18H18N4O3/c1-18(2)16(23)15(12-9-11(10-19)6-7-13(12)25-18)22(17(20)24)14-5-3-4-8-21-14/h3-9,15-16,23H,1-2H3,(H2,20,24)/t15-,16+/m1/s1. The van der Waals surface area contributed by atoms with Gasteiger partial charge in [-0.3, -0.25) is 4.90 Å². The van der Waals surface area contributed by atoms with Crippen molar-refractivity contribution in [2.45, 2.75) is 31.6 Å². The molecule has 7 heteroatoms. The summed E-state index contributed by atoms with van der Waals surface area (Å²) in [5, 5.41) is 20.1. The lowest BCUT2D eigenvalue weighted by molar-refractivity contribution is -0.0572. The van der Waals surface area contributed by atoms with Crippen LogP contribution in [0.1, 0.15) is 31.0 Å². The molecule has 3 N–H and O–H groups in total. The molecule has 2 atom stereocenters. The summed E-state index contributed by atoms with van der Waals surface area (Å²) < 4.78 is 5.87. The molecule has 0 fully saturated rings. The van der Waals surface area contributed by atoms with Gasteiger partial charge in [0.15, 0.2) is 0 Å². The van der Waals surface area contributed by atoms with Crippen LogP contribution in [0.15, 0.2) is 42.6 Å². The van der Waals surface area contributed by atoms with Crippen LogP contribution in [0.4, 0.5) is 10.6 Å². The first-order chi connectivity index (χ1) is 11.8. The fourth-order valence-electron chi connectivity index (χ4n) is 3.01. The van der Waals surface area contributed by atoms with Gasteiger partial charge in [0.05, 0.1) is 17.7 Å². The number of benzene rings is 1. The van der Waals surface area contributed by atoms with E-state index in [9.17, 15) is 15.2 Å². The van der Waals surface area contributed by atoms with Gasteiger partial charge in [-0.1, -0.05) is 6.07 Å². The number of anilines is 1. The molecule has 7 nitrogen and oxygen atoms in total. The normalized spacial score (nSPS) is 20.7. The second-order valence-corrected chi connectivity index (χ2v) is 6.36. The molecule has 25 heavy (non-hydrogen) atoms. The Morgan fingerprint density at radius 1 is 1.40 bits per heavy atom. The second kappa shape index (κ2) is 6.07. The molecule has 2 aromatic rings. The van der Waals surface area contributed by atoms with E-state index in [1.54, 1.807) is 50.2 Å². The third kappa shape index (κ3) is 2.88. The number of aromatic nitrogens is 1. The Bertz CT molecular complexity index is 845. The molecule has 0 unspecified atom stereocenters. The summed E-state index contributed by atoms with van der Waals surface area (Å²) in [5.74, 6) is 0.798. The van der Waals surface area contributed by atoms with E-state index in [1.807, 2.05) is 0 Å². The third-order valence-corrected chi connectivity index (χ3v) is 4.25. The van der Waals surface area contributed by atoms with Crippen LogP contribution in [0, 0.1) is 11.3 Å². The number of hydrogen-bond donors (Lipinski definition) is 2. The van der Waals surface area contributed by atoms with Crippen molar-refractivity contribution in [1.29, 1.82) is 5.26 Å². The number of carbonyl (C=O) groups is 1. The fourth-order valence-corrected chi connectivity index (χ4v) is 3.01. The fraction of sp³-hybridized carbons (Fsp3) is 0.278. The van der Waals surface area contributed by atoms with Crippen LogP contribution in [0.3, 0.4) is 0 Å². The quantitative estimate of drug-likeness (QED) is 0.871. The maximum Gasteiger partial charge on any atom is 0.321 e. The molecule has 3 rings (SSSR count). The van der Waals surface area contributed by atoms with E-state index < -0.39 is 23.8 Å². The van der Waals surface area contributed by atoms with Gasteiger partial charge in [-0.15, -0.1) is 0 Å². The minimum atomic E-state index is -1.08. The SMILES string of the molecule is CC1(C)Oc2ccc(C#N)cc2[C@@H](N(C(N)=O)c2ccccn2)[C@@H]1O. The van der Waals surface area contributed by atoms with Crippen molar-refractivity contribution in [3.8, 4) is 11.8 Å². The molecule has 1 aliphatic rings. The van der Waals surface area contributed by atoms with Gasteiger partial charge in [0.2, 0.25) is 0 Å². The van der Waals surface area contributed by atoms with Crippen LogP contribution in [0.5, 0.6) is 5.75 Å². The Labute approximate surface area is 145 Å². The molecular weight excluding hydrogens is 320 g/mol. The first kappa shape index (κ1) is 16.7. The van der Waals surface area contributed by atoms with Gasteiger partial charge in [-0.25, -0.2) is 9.78 Å². The predicted molar refractivity (Wildman–Crippen MR) is 90.9 cm³/mol. The number of fused-ring (bicyclic) bond motifs is 1. The Balaban J connectivity index is 2.21. The molecule has 128 valence electrons. The zero-order chi connectivity index (χ0) is 18.2. The lowest BCUT2D eigenvalue weighted by Crippen LogP contribution is -2.56. The lowest BCUT2D eigenvalue weighted by Gasteiger charge is -2.45. The molecule has 1 aromatic carbocycles. The van der Waals surface area contributed by atoms with Crippen LogP contribution in [-0.2, 0) is 0 Å². The highest BCUT2D eigenvalue weighted by Gasteiger charge is 2.47. The topological polar surface area (TPSA) is 112 Å². The van der Waals surface area contributed by atoms with Crippen LogP contribution < -0.4 is 15.4 Å². The highest BCUT2D eigenvalue weighted by atomic mass is 16.5. The summed E-state index contributed by atoms with van der Waals surface area (Å²) in [4.78, 5) is 17.6. The van der Waals surface area contributed by atoms with Gasteiger partial charge in [0, 0.05) is 11.8 Å². The van der Waals surface area contributed by atoms with Crippen molar-refractivity contribution < 1.29 is 14.6 Å². The largest absolute Gasteiger partial charge is 0.485 e. The van der Waals surface area contributed by atoms with E-state index in [0.717, 1.165) is 0 Å². The number of nitrogens with zero attached hydrogens (tertiary/aromatic N) is 3. The number of pyridine rings is 1. The zero-order valence-electron chi connectivity index (χ0n) is 13.9. The molecule has 2 amide bonds. The van der Waals surface area contributed by atoms with Crippen LogP contribution in [0.25, 0.3) is 0 Å². The number of rotatable bonds is 2. The van der Waals surface area contributed by atoms with Crippen LogP contribution in [-0.4, -0.2) is 27.8 Å². The predicted octanol–water partition coefficient (Wildman–Crippen LogP) is 2.11. The van der Waals surface area contributed by atoms with E-state index >= 15 is 0 Å². The second-order valence-electron chi connectivity index (χ2n) is 6.36. The van der Waals surface area contributed by atoms with Gasteiger partial charge in [0.25, 0.3) is 0 Å². The molecule has 0 aliphatic carbocycles. The number of primary amides is 1. The molecular formula is C18H18N4O3. The van der Waals surface area contributed by atoms with Gasteiger partial charge in [0.1, 0.15) is 23.3 Å². The number of aliphatic hydroxyl groups excluding tert-OH is 1. The molecule has 0 spiro atoms. The van der Waals surface area contributed by atoms with Gasteiger partial charge in [-0.05, 0) is 44.2 Å². The van der Waals surface area contributed by atoms with Crippen LogP contribution in [0.2, 0.25) is 0 Å². The van der Waals surface area contributed by atoms with Crippen molar-refractivity contribution in [2.24, 2.45) is 5.73 Å². The molecule has 1 aromatic heterocycles. The molecule has 2 heterocycles. The average Bonchev–Trinajstić information content (AvgIpc) is 2.59. The maximum absolute atomic E-state index is 12.2. The first-order valence-corrected chi connectivity index (χ1v) is 7.76.